The molecule has 0 aliphatic heterocycles. The first-order valence-corrected chi connectivity index (χ1v) is 7.55. The Balaban J connectivity index is 2.09. The predicted molar refractivity (Wildman–Crippen MR) is 83.3 cm³/mol. The van der Waals surface area contributed by atoms with Gasteiger partial charge < -0.3 is 4.42 Å². The van der Waals surface area contributed by atoms with Crippen molar-refractivity contribution in [3.63, 3.8) is 0 Å². The molecule has 2 aromatic carbocycles. The van der Waals surface area contributed by atoms with Gasteiger partial charge in [0.1, 0.15) is 5.82 Å². The van der Waals surface area contributed by atoms with E-state index in [0.29, 0.717) is 17.7 Å². The van der Waals surface area contributed by atoms with Crippen LogP contribution < -0.4 is 5.76 Å². The van der Waals surface area contributed by atoms with Gasteiger partial charge in [0, 0.05) is 12.1 Å². The fourth-order valence-electron chi connectivity index (χ4n) is 2.40. The molecule has 1 unspecified atom stereocenters. The van der Waals surface area contributed by atoms with Crippen molar-refractivity contribution < 1.29 is 8.81 Å². The van der Waals surface area contributed by atoms with Crippen LogP contribution in [-0.2, 0) is 6.54 Å². The van der Waals surface area contributed by atoms with Crippen molar-refractivity contribution in [3.8, 4) is 0 Å². The monoisotopic (exact) mass is 349 g/mol. The first kappa shape index (κ1) is 14.1. The normalized spacial score (nSPS) is 12.7. The molecule has 3 nitrogen and oxygen atoms in total. The number of hydrogen-bond acceptors (Lipinski definition) is 2. The number of alkyl halides is 1. The molecular weight excluding hydrogens is 337 g/mol. The van der Waals surface area contributed by atoms with Crippen molar-refractivity contribution in [2.45, 2.75) is 18.3 Å². The summed E-state index contributed by atoms with van der Waals surface area (Å²) in [6, 6.07) is 12.1. The molecule has 0 saturated carbocycles. The van der Waals surface area contributed by atoms with Gasteiger partial charge in [-0.3, -0.25) is 4.57 Å². The number of fused-ring (bicyclic) bond motifs is 1. The van der Waals surface area contributed by atoms with E-state index < -0.39 is 0 Å². The Bertz CT molecular complexity index is 853. The Hall–Kier alpha value is -1.88. The molecule has 0 amide bonds. The zero-order valence-corrected chi connectivity index (χ0v) is 12.9. The van der Waals surface area contributed by atoms with E-state index in [9.17, 15) is 9.18 Å². The van der Waals surface area contributed by atoms with Crippen molar-refractivity contribution in [3.05, 3.63) is 70.0 Å². The molecule has 0 saturated heterocycles. The number of nitrogens with zero attached hydrogens (tertiary/aromatic N) is 1. The van der Waals surface area contributed by atoms with Crippen LogP contribution in [0.4, 0.5) is 4.39 Å². The molecule has 0 fully saturated rings. The van der Waals surface area contributed by atoms with Crippen LogP contribution in [0.5, 0.6) is 0 Å². The van der Waals surface area contributed by atoms with Gasteiger partial charge >= 0.3 is 5.76 Å². The Kier molecular flexibility index (Phi) is 3.68. The van der Waals surface area contributed by atoms with Gasteiger partial charge in [-0.2, -0.15) is 0 Å². The smallest absolute Gasteiger partial charge is 0.408 e. The number of halogens is 2. The minimum Gasteiger partial charge on any atom is -0.408 e. The van der Waals surface area contributed by atoms with E-state index >= 15 is 0 Å². The largest absolute Gasteiger partial charge is 0.419 e. The molecule has 1 atom stereocenters. The molecular formula is C16H13BrFNO2. The average Bonchev–Trinajstić information content (AvgIpc) is 2.81. The van der Waals surface area contributed by atoms with Gasteiger partial charge in [0.05, 0.1) is 10.3 Å². The second-order valence-corrected chi connectivity index (χ2v) is 5.64. The minimum atomic E-state index is -0.373. The van der Waals surface area contributed by atoms with E-state index in [1.54, 1.807) is 28.8 Å². The summed E-state index contributed by atoms with van der Waals surface area (Å²) in [6.07, 6.45) is 0. The summed E-state index contributed by atoms with van der Waals surface area (Å²) in [5, 5.41) is 0. The highest BCUT2D eigenvalue weighted by molar-refractivity contribution is 9.09. The summed E-state index contributed by atoms with van der Waals surface area (Å²) in [5.74, 6) is -0.645. The highest BCUT2D eigenvalue weighted by Crippen LogP contribution is 2.33. The predicted octanol–water partition coefficient (Wildman–Crippen LogP) is 4.24. The van der Waals surface area contributed by atoms with Gasteiger partial charge in [-0.15, -0.1) is 0 Å². The lowest BCUT2D eigenvalue weighted by atomic mass is 10.0. The maximum Gasteiger partial charge on any atom is 0.419 e. The van der Waals surface area contributed by atoms with E-state index in [2.05, 4.69) is 15.9 Å². The van der Waals surface area contributed by atoms with Crippen molar-refractivity contribution in [1.29, 1.82) is 0 Å². The molecule has 0 aliphatic rings. The number of benzene rings is 2. The molecule has 21 heavy (non-hydrogen) atoms. The van der Waals surface area contributed by atoms with E-state index in [1.165, 1.54) is 6.07 Å². The van der Waals surface area contributed by atoms with E-state index in [-0.39, 0.29) is 16.4 Å². The third-order valence-corrected chi connectivity index (χ3v) is 4.50. The molecule has 0 bridgehead atoms. The lowest BCUT2D eigenvalue weighted by Gasteiger charge is -2.11. The molecule has 108 valence electrons. The van der Waals surface area contributed by atoms with E-state index in [1.807, 2.05) is 19.1 Å². The molecule has 0 radical (unpaired) electrons. The van der Waals surface area contributed by atoms with Gasteiger partial charge in [-0.05, 0) is 30.7 Å². The molecule has 3 aromatic rings. The highest BCUT2D eigenvalue weighted by atomic mass is 79.9. The topological polar surface area (TPSA) is 35.1 Å². The van der Waals surface area contributed by atoms with Crippen molar-refractivity contribution >= 4 is 27.0 Å². The van der Waals surface area contributed by atoms with Crippen LogP contribution in [0.25, 0.3) is 11.1 Å². The first-order valence-electron chi connectivity index (χ1n) is 6.63. The molecule has 3 rings (SSSR count). The third kappa shape index (κ3) is 2.42. The third-order valence-electron chi connectivity index (χ3n) is 3.48. The van der Waals surface area contributed by atoms with Crippen LogP contribution >= 0.6 is 15.9 Å². The van der Waals surface area contributed by atoms with Gasteiger partial charge in [-0.25, -0.2) is 9.18 Å². The van der Waals surface area contributed by atoms with Gasteiger partial charge in [-0.1, -0.05) is 40.2 Å². The fraction of sp³-hybridized carbons (Fsp3) is 0.188. The van der Waals surface area contributed by atoms with Crippen LogP contribution in [0.1, 0.15) is 22.9 Å². The standard InChI is InChI=1S/C16H13BrFNO2/c1-2-19-13-8-7-10(9-14(13)21-16(19)20)15(17)11-5-3-4-6-12(11)18/h3-9,15H,2H2,1H3. The summed E-state index contributed by atoms with van der Waals surface area (Å²) in [5.41, 5.74) is 2.65. The Labute approximate surface area is 129 Å². The van der Waals surface area contributed by atoms with Crippen molar-refractivity contribution in [1.82, 2.24) is 4.57 Å². The highest BCUT2D eigenvalue weighted by Gasteiger charge is 2.16. The van der Waals surface area contributed by atoms with Gasteiger partial charge in [0.25, 0.3) is 0 Å². The van der Waals surface area contributed by atoms with Crippen molar-refractivity contribution in [2.24, 2.45) is 0 Å². The fourth-order valence-corrected chi connectivity index (χ4v) is 3.06. The quantitative estimate of drug-likeness (QED) is 0.663. The van der Waals surface area contributed by atoms with Gasteiger partial charge in [0.15, 0.2) is 5.58 Å². The van der Waals surface area contributed by atoms with Crippen molar-refractivity contribution in [2.75, 3.05) is 0 Å². The second-order valence-electron chi connectivity index (χ2n) is 4.72. The zero-order valence-electron chi connectivity index (χ0n) is 11.3. The van der Waals surface area contributed by atoms with Crippen LogP contribution in [-0.4, -0.2) is 4.57 Å². The number of oxazole rings is 1. The average molecular weight is 350 g/mol. The molecule has 5 heteroatoms. The molecule has 0 N–H and O–H groups in total. The summed E-state index contributed by atoms with van der Waals surface area (Å²) in [7, 11) is 0. The SMILES string of the molecule is CCn1c(=O)oc2cc(C(Br)c3ccccc3F)ccc21. The van der Waals surface area contributed by atoms with E-state index in [4.69, 9.17) is 4.42 Å². The lowest BCUT2D eigenvalue weighted by Crippen LogP contribution is -2.11. The first-order chi connectivity index (χ1) is 10.1. The minimum absolute atomic E-state index is 0.271. The lowest BCUT2D eigenvalue weighted by molar-refractivity contribution is 0.513. The number of aromatic nitrogens is 1. The molecule has 0 spiro atoms. The van der Waals surface area contributed by atoms with Crippen LogP contribution in [0.15, 0.2) is 51.7 Å². The van der Waals surface area contributed by atoms with Crippen LogP contribution in [0, 0.1) is 5.82 Å². The van der Waals surface area contributed by atoms with Crippen LogP contribution in [0.3, 0.4) is 0 Å². The maximum atomic E-state index is 13.9. The second kappa shape index (κ2) is 5.48. The molecule has 1 aromatic heterocycles. The van der Waals surface area contributed by atoms with Crippen LogP contribution in [0.2, 0.25) is 0 Å². The number of aryl methyl sites for hydroxylation is 1. The maximum absolute atomic E-state index is 13.9. The number of rotatable bonds is 3. The molecule has 0 aliphatic carbocycles. The number of hydrogen-bond donors (Lipinski definition) is 0. The van der Waals surface area contributed by atoms with Gasteiger partial charge in [0.2, 0.25) is 0 Å². The zero-order chi connectivity index (χ0) is 15.0. The Morgan fingerprint density at radius 2 is 2.05 bits per heavy atom. The molecule has 1 heterocycles. The Morgan fingerprint density at radius 3 is 2.76 bits per heavy atom. The summed E-state index contributed by atoms with van der Waals surface area (Å²) < 4.78 is 20.7. The van der Waals surface area contributed by atoms with E-state index in [0.717, 1.165) is 11.1 Å². The summed E-state index contributed by atoms with van der Waals surface area (Å²) in [4.78, 5) is 11.4. The summed E-state index contributed by atoms with van der Waals surface area (Å²) in [6.45, 7) is 2.44. The Morgan fingerprint density at radius 1 is 1.29 bits per heavy atom. The summed E-state index contributed by atoms with van der Waals surface area (Å²) >= 11 is 3.51.